The molecule has 2 N–H and O–H groups in total. The zero-order valence-corrected chi connectivity index (χ0v) is 11.5. The number of nitrogens with zero attached hydrogens (tertiary/aromatic N) is 1. The average molecular weight is 258 g/mol. The highest BCUT2D eigenvalue weighted by atomic mass is 16.3. The average Bonchev–Trinajstić information content (AvgIpc) is 2.76. The van der Waals surface area contributed by atoms with Gasteiger partial charge >= 0.3 is 0 Å². The van der Waals surface area contributed by atoms with Crippen LogP contribution in [0, 0.1) is 12.8 Å². The topological polar surface area (TPSA) is 39.3 Å². The molecule has 3 heteroatoms. The van der Waals surface area contributed by atoms with Gasteiger partial charge in [-0.15, -0.1) is 0 Å². The minimum absolute atomic E-state index is 0.322. The number of rotatable bonds is 3. The van der Waals surface area contributed by atoms with Crippen molar-refractivity contribution in [3.63, 3.8) is 0 Å². The highest BCUT2D eigenvalue weighted by Gasteiger charge is 2.20. The van der Waals surface area contributed by atoms with Crippen molar-refractivity contribution in [3.8, 4) is 0 Å². The first-order valence-corrected chi connectivity index (χ1v) is 7.17. The summed E-state index contributed by atoms with van der Waals surface area (Å²) in [5.41, 5.74) is 3.91. The maximum absolute atomic E-state index is 9.31. The molecule has 3 nitrogen and oxygen atoms in total. The largest absolute Gasteiger partial charge is 0.396 e. The van der Waals surface area contributed by atoms with Crippen molar-refractivity contribution in [2.45, 2.75) is 26.3 Å². The van der Waals surface area contributed by atoms with E-state index in [-0.39, 0.29) is 0 Å². The fourth-order valence-corrected chi connectivity index (χ4v) is 3.16. The van der Waals surface area contributed by atoms with Gasteiger partial charge in [0.25, 0.3) is 0 Å². The van der Waals surface area contributed by atoms with E-state index >= 15 is 0 Å². The number of para-hydroxylation sites is 1. The van der Waals surface area contributed by atoms with Crippen LogP contribution in [0.5, 0.6) is 0 Å². The zero-order chi connectivity index (χ0) is 13.2. The van der Waals surface area contributed by atoms with Gasteiger partial charge < -0.3 is 10.1 Å². The molecule has 1 fully saturated rings. The van der Waals surface area contributed by atoms with E-state index < -0.39 is 0 Å². The Kier molecular flexibility index (Phi) is 3.58. The molecule has 1 atom stereocenters. The highest BCUT2D eigenvalue weighted by Crippen LogP contribution is 2.24. The second-order valence-electron chi connectivity index (χ2n) is 5.70. The quantitative estimate of drug-likeness (QED) is 0.888. The van der Waals surface area contributed by atoms with E-state index in [0.29, 0.717) is 12.5 Å². The standard InChI is InChI=1S/C16H22N2O/c1-12-14-6-2-3-7-15(14)17-16(12)10-18-8-4-5-13(9-18)11-19/h2-3,6-7,13,17,19H,4-5,8-11H2,1H3/t13-/m1/s1. The normalized spacial score (nSPS) is 21.1. The number of aliphatic hydroxyl groups excluding tert-OH is 1. The predicted octanol–water partition coefficient (Wildman–Crippen LogP) is 2.68. The highest BCUT2D eigenvalue weighted by molar-refractivity contribution is 5.84. The third kappa shape index (κ3) is 2.53. The SMILES string of the molecule is Cc1c(CN2CCC[C@@H](CO)C2)[nH]c2ccccc12. The van der Waals surface area contributed by atoms with Crippen LogP contribution in [0.4, 0.5) is 0 Å². The number of aliphatic hydroxyl groups is 1. The Bertz CT molecular complexity index is 561. The number of hydrogen-bond acceptors (Lipinski definition) is 2. The van der Waals surface area contributed by atoms with Gasteiger partial charge in [0.15, 0.2) is 0 Å². The Morgan fingerprint density at radius 1 is 1.37 bits per heavy atom. The monoisotopic (exact) mass is 258 g/mol. The maximum atomic E-state index is 9.31. The first-order valence-electron chi connectivity index (χ1n) is 7.17. The van der Waals surface area contributed by atoms with Crippen LogP contribution in [0.15, 0.2) is 24.3 Å². The van der Waals surface area contributed by atoms with Gasteiger partial charge in [0.05, 0.1) is 0 Å². The van der Waals surface area contributed by atoms with Gasteiger partial charge in [-0.1, -0.05) is 18.2 Å². The molecule has 1 aromatic carbocycles. The molecule has 0 radical (unpaired) electrons. The second kappa shape index (κ2) is 5.35. The molecule has 2 heterocycles. The van der Waals surface area contributed by atoms with Gasteiger partial charge in [-0.25, -0.2) is 0 Å². The zero-order valence-electron chi connectivity index (χ0n) is 11.5. The van der Waals surface area contributed by atoms with Gasteiger partial charge in [-0.05, 0) is 43.9 Å². The van der Waals surface area contributed by atoms with Crippen LogP contribution < -0.4 is 0 Å². The summed E-state index contributed by atoms with van der Waals surface area (Å²) in [5.74, 6) is 0.457. The number of aryl methyl sites for hydroxylation is 1. The van der Waals surface area contributed by atoms with Crippen LogP contribution in [0.2, 0.25) is 0 Å². The lowest BCUT2D eigenvalue weighted by Gasteiger charge is -2.31. The van der Waals surface area contributed by atoms with E-state index in [1.165, 1.54) is 35.0 Å². The molecule has 1 saturated heterocycles. The van der Waals surface area contributed by atoms with Gasteiger partial charge in [0.2, 0.25) is 0 Å². The molecule has 102 valence electrons. The smallest absolute Gasteiger partial charge is 0.0471 e. The fraction of sp³-hybridized carbons (Fsp3) is 0.500. The van der Waals surface area contributed by atoms with Crippen LogP contribution in [0.25, 0.3) is 10.9 Å². The number of piperidine rings is 1. The fourth-order valence-electron chi connectivity index (χ4n) is 3.16. The molecule has 1 aliphatic rings. The van der Waals surface area contributed by atoms with Crippen molar-refractivity contribution in [2.24, 2.45) is 5.92 Å². The van der Waals surface area contributed by atoms with E-state index in [9.17, 15) is 5.11 Å². The molecule has 1 aromatic heterocycles. The number of H-pyrrole nitrogens is 1. The lowest BCUT2D eigenvalue weighted by molar-refractivity contribution is 0.115. The minimum Gasteiger partial charge on any atom is -0.396 e. The second-order valence-corrected chi connectivity index (χ2v) is 5.70. The van der Waals surface area contributed by atoms with E-state index in [1.807, 2.05) is 0 Å². The summed E-state index contributed by atoms with van der Waals surface area (Å²) in [5, 5.41) is 10.6. The van der Waals surface area contributed by atoms with Crippen LogP contribution in [-0.4, -0.2) is 34.7 Å². The molecule has 0 spiro atoms. The summed E-state index contributed by atoms with van der Waals surface area (Å²) in [7, 11) is 0. The minimum atomic E-state index is 0.322. The van der Waals surface area contributed by atoms with Crippen molar-refractivity contribution in [1.82, 2.24) is 9.88 Å². The molecular formula is C16H22N2O. The molecule has 19 heavy (non-hydrogen) atoms. The van der Waals surface area contributed by atoms with E-state index in [1.54, 1.807) is 0 Å². The first-order chi connectivity index (χ1) is 9.28. The molecule has 0 aliphatic carbocycles. The summed E-state index contributed by atoms with van der Waals surface area (Å²) >= 11 is 0. The number of nitrogens with one attached hydrogen (secondary N) is 1. The summed E-state index contributed by atoms with van der Waals surface area (Å²) < 4.78 is 0. The Morgan fingerprint density at radius 3 is 3.00 bits per heavy atom. The van der Waals surface area contributed by atoms with Crippen molar-refractivity contribution in [3.05, 3.63) is 35.5 Å². The Morgan fingerprint density at radius 2 is 2.21 bits per heavy atom. The molecule has 0 amide bonds. The Balaban J connectivity index is 1.79. The Labute approximate surface area is 114 Å². The molecular weight excluding hydrogens is 236 g/mol. The molecule has 0 unspecified atom stereocenters. The van der Waals surface area contributed by atoms with Crippen LogP contribution in [-0.2, 0) is 6.54 Å². The summed E-state index contributed by atoms with van der Waals surface area (Å²) in [4.78, 5) is 6.00. The number of aromatic nitrogens is 1. The summed E-state index contributed by atoms with van der Waals surface area (Å²) in [6.45, 7) is 5.65. The van der Waals surface area contributed by atoms with Gasteiger partial charge in [0, 0.05) is 36.3 Å². The van der Waals surface area contributed by atoms with E-state index in [4.69, 9.17) is 0 Å². The maximum Gasteiger partial charge on any atom is 0.0471 e. The predicted molar refractivity (Wildman–Crippen MR) is 78.1 cm³/mol. The molecule has 3 rings (SSSR count). The molecule has 0 bridgehead atoms. The number of aromatic amines is 1. The Hall–Kier alpha value is -1.32. The van der Waals surface area contributed by atoms with Crippen LogP contribution in [0.3, 0.4) is 0 Å². The molecule has 2 aromatic rings. The van der Waals surface area contributed by atoms with Crippen molar-refractivity contribution in [1.29, 1.82) is 0 Å². The number of likely N-dealkylation sites (tertiary alicyclic amines) is 1. The van der Waals surface area contributed by atoms with Gasteiger partial charge in [0.1, 0.15) is 0 Å². The van der Waals surface area contributed by atoms with Crippen molar-refractivity contribution >= 4 is 10.9 Å². The third-order valence-electron chi connectivity index (χ3n) is 4.31. The number of benzene rings is 1. The molecule has 0 saturated carbocycles. The summed E-state index contributed by atoms with van der Waals surface area (Å²) in [6.07, 6.45) is 2.36. The summed E-state index contributed by atoms with van der Waals surface area (Å²) in [6, 6.07) is 8.48. The van der Waals surface area contributed by atoms with Gasteiger partial charge in [-0.2, -0.15) is 0 Å². The first kappa shape index (κ1) is 12.7. The van der Waals surface area contributed by atoms with Gasteiger partial charge in [-0.3, -0.25) is 4.90 Å². The lowest BCUT2D eigenvalue weighted by Crippen LogP contribution is -2.36. The number of hydrogen-bond donors (Lipinski definition) is 2. The molecule has 1 aliphatic heterocycles. The van der Waals surface area contributed by atoms with Crippen LogP contribution >= 0.6 is 0 Å². The lowest BCUT2D eigenvalue weighted by atomic mass is 9.99. The number of fused-ring (bicyclic) bond motifs is 1. The van der Waals surface area contributed by atoms with Crippen molar-refractivity contribution in [2.75, 3.05) is 19.7 Å². The van der Waals surface area contributed by atoms with E-state index in [2.05, 4.69) is 41.1 Å². The third-order valence-corrected chi connectivity index (χ3v) is 4.31. The van der Waals surface area contributed by atoms with E-state index in [0.717, 1.165) is 19.6 Å². The van der Waals surface area contributed by atoms with Crippen LogP contribution in [0.1, 0.15) is 24.1 Å². The van der Waals surface area contributed by atoms with Crippen molar-refractivity contribution < 1.29 is 5.11 Å².